The van der Waals surface area contributed by atoms with E-state index in [0.29, 0.717) is 28.5 Å². The number of H-pyrrole nitrogens is 2. The van der Waals surface area contributed by atoms with Crippen molar-refractivity contribution in [3.8, 4) is 5.75 Å². The van der Waals surface area contributed by atoms with Gasteiger partial charge in [-0.25, -0.2) is 9.59 Å². The Kier molecular flexibility index (Phi) is 28.4. The Morgan fingerprint density at radius 1 is 0.469 bits per heavy atom. The summed E-state index contributed by atoms with van der Waals surface area (Å²) in [5.74, 6) is -6.85. The van der Waals surface area contributed by atoms with Gasteiger partial charge in [0, 0.05) is 77.9 Å². The van der Waals surface area contributed by atoms with Gasteiger partial charge in [0.2, 0.25) is 47.3 Å². The molecule has 27 heteroatoms. The van der Waals surface area contributed by atoms with Crippen molar-refractivity contribution in [2.75, 3.05) is 30.6 Å². The van der Waals surface area contributed by atoms with Gasteiger partial charge >= 0.3 is 12.2 Å². The van der Waals surface area contributed by atoms with Crippen LogP contribution in [0.3, 0.4) is 0 Å². The number of ether oxygens (including phenoxy) is 2. The molecule has 0 radical (unpaired) electrons. The van der Waals surface area contributed by atoms with Crippen LogP contribution < -0.4 is 53.6 Å². The summed E-state index contributed by atoms with van der Waals surface area (Å²) in [6.07, 6.45) is 5.52. The molecule has 0 aliphatic heterocycles. The van der Waals surface area contributed by atoms with Gasteiger partial charge in [-0.15, -0.1) is 0 Å². The van der Waals surface area contributed by atoms with Crippen LogP contribution >= 0.6 is 23.5 Å². The molecular formula is C69H92N12O13S2. The predicted octanol–water partition coefficient (Wildman–Crippen LogP) is 5.47. The average molecular weight is 1360 g/mol. The van der Waals surface area contributed by atoms with Crippen LogP contribution in [0, 0.1) is 5.92 Å². The predicted molar refractivity (Wildman–Crippen MR) is 372 cm³/mol. The van der Waals surface area contributed by atoms with Crippen molar-refractivity contribution >= 4 is 105 Å². The normalized spacial score (nSPS) is 14.1. The van der Waals surface area contributed by atoms with E-state index < -0.39 is 125 Å². The fraction of sp³-hybridized carbons (Fsp3) is 0.449. The molecule has 0 spiro atoms. The van der Waals surface area contributed by atoms with Crippen molar-refractivity contribution in [2.24, 2.45) is 11.7 Å². The number of thioether (sulfide) groups is 2. The van der Waals surface area contributed by atoms with Gasteiger partial charge in [0.1, 0.15) is 65.3 Å². The Morgan fingerprint density at radius 3 is 1.38 bits per heavy atom. The van der Waals surface area contributed by atoms with E-state index in [2.05, 4.69) is 57.8 Å². The van der Waals surface area contributed by atoms with E-state index in [4.69, 9.17) is 15.2 Å². The molecule has 8 atom stereocenters. The quantitative estimate of drug-likeness (QED) is 0.0223. The van der Waals surface area contributed by atoms with Crippen molar-refractivity contribution in [3.05, 3.63) is 138 Å². The molecule has 0 saturated carbocycles. The maximum absolute atomic E-state index is 15.3. The van der Waals surface area contributed by atoms with E-state index in [1.54, 1.807) is 129 Å². The molecule has 2 aromatic heterocycles. The first-order chi connectivity index (χ1) is 45.5. The van der Waals surface area contributed by atoms with Gasteiger partial charge in [-0.05, 0) is 126 Å². The number of carbonyl (C=O) groups excluding carboxylic acids is 10. The highest BCUT2D eigenvalue weighted by Crippen LogP contribution is 2.22. The molecule has 2 heterocycles. The first kappa shape index (κ1) is 75.8. The number of carbonyl (C=O) groups is 10. The number of nitrogens with one attached hydrogen (secondary N) is 11. The standard InChI is InChI=1S/C69H92N12O13S2/c1-40(2)57(65(90)79-56(39-96-10)63(88)75-51(58(70)83)34-43-36-72-48-24-16-14-22-46(43)48)81-59(84)50(26-18-19-31-71-66(91)93-68(3,4)5)74-62(87)54(35-44-37-73-49-25-17-15-23-47(44)49)77-60(85)52(33-42-27-29-45(82)30-28-42)76-64(89)55(38-95-9)78-61(86)53(32-41-20-12-11-13-21-41)80-67(92)94-69(6,7)8/h11-17,20-25,27-30,36-37,40,50-57,72-73,82H,18-19,26,31-35,38-39H2,1-10H3,(H2,70,83)(H,71,91)(H,74,87)(H,75,88)(H,76,89)(H,77,85)(H,78,86)(H,79,90)(H,80,92)(H,81,84)/t50-,51-,52-,53+,54+,55-,56-,57+/m0/s1. The number of hydrogen-bond acceptors (Lipinski definition) is 15. The lowest BCUT2D eigenvalue weighted by molar-refractivity contribution is -0.136. The molecule has 14 N–H and O–H groups in total. The second-order valence-corrected chi connectivity index (χ2v) is 27.5. The molecule has 0 aliphatic rings. The summed E-state index contributed by atoms with van der Waals surface area (Å²) in [4.78, 5) is 148. The maximum atomic E-state index is 15.3. The second kappa shape index (κ2) is 36.0. The number of aromatic nitrogens is 2. The molecule has 25 nitrogen and oxygen atoms in total. The van der Waals surface area contributed by atoms with Crippen LogP contribution in [-0.4, -0.2) is 165 Å². The highest BCUT2D eigenvalue weighted by molar-refractivity contribution is 7.98. The Labute approximate surface area is 568 Å². The van der Waals surface area contributed by atoms with Crippen molar-refractivity contribution in [2.45, 2.75) is 160 Å². The minimum Gasteiger partial charge on any atom is -0.508 e. The van der Waals surface area contributed by atoms with E-state index in [0.717, 1.165) is 22.0 Å². The Bertz CT molecular complexity index is 3630. The van der Waals surface area contributed by atoms with E-state index in [-0.39, 0.29) is 62.3 Å². The Morgan fingerprint density at radius 2 is 0.875 bits per heavy atom. The maximum Gasteiger partial charge on any atom is 0.408 e. The number of phenolic OH excluding ortho intramolecular Hbond substituents is 1. The summed E-state index contributed by atoms with van der Waals surface area (Å²) in [5, 5.41) is 36.7. The number of aromatic amines is 2. The van der Waals surface area contributed by atoms with E-state index >= 15 is 9.59 Å². The van der Waals surface area contributed by atoms with Crippen LogP contribution in [0.4, 0.5) is 9.59 Å². The summed E-state index contributed by atoms with van der Waals surface area (Å²) in [6.45, 7) is 13.7. The monoisotopic (exact) mass is 1360 g/mol. The summed E-state index contributed by atoms with van der Waals surface area (Å²) in [5.41, 5.74) is 8.20. The minimum absolute atomic E-state index is 0.0132. The molecular weight excluding hydrogens is 1270 g/mol. The SMILES string of the molecule is CSC[C@H](NC(=O)[C@@H](Cc1ccccc1)NC(=O)OC(C)(C)C)C(=O)N[C@@H](Cc1ccc(O)cc1)C(=O)N[C@H](Cc1c[nH]c2ccccc12)C(=O)N[C@@H](CCCCNC(=O)OC(C)(C)C)C(=O)N[C@@H](C(=O)N[C@@H](CSC)C(=O)N[C@@H](Cc1c[nH]c2ccccc12)C(N)=O)C(C)C. The molecule has 4 aromatic carbocycles. The lowest BCUT2D eigenvalue weighted by atomic mass is 10.00. The summed E-state index contributed by atoms with van der Waals surface area (Å²) in [6, 6.07) is 19.1. The van der Waals surface area contributed by atoms with Gasteiger partial charge in [-0.2, -0.15) is 23.5 Å². The number of para-hydroxylation sites is 2. The average Bonchev–Trinajstić information content (AvgIpc) is 1.64. The van der Waals surface area contributed by atoms with Crippen molar-refractivity contribution in [3.63, 3.8) is 0 Å². The van der Waals surface area contributed by atoms with Gasteiger partial charge in [-0.1, -0.05) is 92.7 Å². The zero-order valence-corrected chi connectivity index (χ0v) is 57.6. The number of nitrogens with two attached hydrogens (primary N) is 1. The van der Waals surface area contributed by atoms with Crippen LogP contribution in [0.15, 0.2) is 116 Å². The topological polar surface area (TPSA) is 375 Å². The number of phenols is 1. The van der Waals surface area contributed by atoms with Crippen LogP contribution in [0.25, 0.3) is 21.8 Å². The molecule has 6 aromatic rings. The van der Waals surface area contributed by atoms with Crippen LogP contribution in [0.1, 0.15) is 96.9 Å². The number of alkyl carbamates (subject to hydrolysis) is 2. The zero-order valence-electron chi connectivity index (χ0n) is 56.0. The third kappa shape index (κ3) is 24.2. The van der Waals surface area contributed by atoms with Crippen LogP contribution in [0.5, 0.6) is 5.75 Å². The minimum atomic E-state index is -1.48. The Hall–Kier alpha value is -9.24. The van der Waals surface area contributed by atoms with Crippen molar-refractivity contribution < 1.29 is 62.5 Å². The van der Waals surface area contributed by atoms with Gasteiger partial charge in [0.25, 0.3) is 0 Å². The summed E-state index contributed by atoms with van der Waals surface area (Å²) in [7, 11) is 0. The largest absolute Gasteiger partial charge is 0.508 e. The Balaban J connectivity index is 1.28. The molecule has 0 fully saturated rings. The smallest absolute Gasteiger partial charge is 0.408 e. The zero-order chi connectivity index (χ0) is 70.3. The number of rotatable bonds is 34. The number of hydrogen-bond donors (Lipinski definition) is 13. The lowest BCUT2D eigenvalue weighted by Gasteiger charge is -2.29. The number of fused-ring (bicyclic) bond motifs is 2. The molecule has 10 amide bonds. The number of unbranched alkanes of at least 4 members (excludes halogenated alkanes) is 1. The van der Waals surface area contributed by atoms with Gasteiger partial charge in [0.15, 0.2) is 0 Å². The molecule has 518 valence electrons. The lowest BCUT2D eigenvalue weighted by Crippen LogP contribution is -2.61. The fourth-order valence-corrected chi connectivity index (χ4v) is 11.6. The van der Waals surface area contributed by atoms with Gasteiger partial charge in [-0.3, -0.25) is 38.4 Å². The molecule has 96 heavy (non-hydrogen) atoms. The third-order valence-electron chi connectivity index (χ3n) is 15.2. The molecule has 6 rings (SSSR count). The molecule has 0 unspecified atom stereocenters. The highest BCUT2D eigenvalue weighted by Gasteiger charge is 2.37. The van der Waals surface area contributed by atoms with E-state index in [9.17, 15) is 43.5 Å². The van der Waals surface area contributed by atoms with Crippen LogP contribution in [-0.2, 0) is 73.5 Å². The van der Waals surface area contributed by atoms with Gasteiger partial charge < -0.3 is 78.1 Å². The molecule has 0 saturated heterocycles. The number of amides is 10. The summed E-state index contributed by atoms with van der Waals surface area (Å²) < 4.78 is 10.9. The van der Waals surface area contributed by atoms with Crippen molar-refractivity contribution in [1.29, 1.82) is 0 Å². The molecule has 0 aliphatic carbocycles. The van der Waals surface area contributed by atoms with Gasteiger partial charge in [0.05, 0.1) is 0 Å². The number of primary amides is 1. The van der Waals surface area contributed by atoms with E-state index in [1.807, 2.05) is 42.5 Å². The van der Waals surface area contributed by atoms with Crippen molar-refractivity contribution in [1.82, 2.24) is 57.8 Å². The fourth-order valence-electron chi connectivity index (χ4n) is 10.4. The van der Waals surface area contributed by atoms with Crippen LogP contribution in [0.2, 0.25) is 0 Å². The third-order valence-corrected chi connectivity index (χ3v) is 16.5. The first-order valence-corrected chi connectivity index (χ1v) is 34.6. The second-order valence-electron chi connectivity index (χ2n) is 25.7. The molecule has 0 bridgehead atoms. The summed E-state index contributed by atoms with van der Waals surface area (Å²) >= 11 is 2.48. The first-order valence-electron chi connectivity index (χ1n) is 31.8. The highest BCUT2D eigenvalue weighted by atomic mass is 32.2. The number of benzene rings is 4. The number of aromatic hydroxyl groups is 1. The van der Waals surface area contributed by atoms with E-state index in [1.165, 1.54) is 35.7 Å².